The maximum absolute atomic E-state index is 11.0. The van der Waals surface area contributed by atoms with Crippen LogP contribution in [0.3, 0.4) is 0 Å². The first-order chi connectivity index (χ1) is 11.6. The lowest BCUT2D eigenvalue weighted by Crippen LogP contribution is -1.95. The Morgan fingerprint density at radius 2 is 1.92 bits per heavy atom. The van der Waals surface area contributed by atoms with E-state index < -0.39 is 5.97 Å². The number of aromatic hydroxyl groups is 1. The van der Waals surface area contributed by atoms with E-state index in [9.17, 15) is 9.90 Å². The Morgan fingerprint density at radius 3 is 2.62 bits per heavy atom. The number of ether oxygens (including phenoxy) is 1. The van der Waals surface area contributed by atoms with Crippen LogP contribution < -0.4 is 4.74 Å². The number of carbonyl (C=O) groups is 1. The quantitative estimate of drug-likeness (QED) is 0.763. The zero-order valence-electron chi connectivity index (χ0n) is 12.9. The van der Waals surface area contributed by atoms with Crippen LogP contribution in [-0.4, -0.2) is 28.3 Å². The molecule has 0 radical (unpaired) electrons. The Kier molecular flexibility index (Phi) is 4.16. The number of fused-ring (bicyclic) bond motifs is 1. The summed E-state index contributed by atoms with van der Waals surface area (Å²) in [5.74, 6) is -0.460. The predicted molar refractivity (Wildman–Crippen MR) is 92.3 cm³/mol. The number of phenols is 1. The van der Waals surface area contributed by atoms with Gasteiger partial charge in [0.25, 0.3) is 0 Å². The summed E-state index contributed by atoms with van der Waals surface area (Å²) in [6.45, 7) is 0. The van der Waals surface area contributed by atoms with Gasteiger partial charge >= 0.3 is 5.97 Å². The molecule has 2 N–H and O–H groups in total. The fourth-order valence-electron chi connectivity index (χ4n) is 2.36. The number of aromatic nitrogens is 1. The second kappa shape index (κ2) is 6.42. The van der Waals surface area contributed by atoms with Gasteiger partial charge in [0.1, 0.15) is 0 Å². The van der Waals surface area contributed by atoms with Gasteiger partial charge in [0.05, 0.1) is 23.9 Å². The summed E-state index contributed by atoms with van der Waals surface area (Å²) in [6, 6.07) is 13.6. The van der Waals surface area contributed by atoms with E-state index in [0.717, 1.165) is 22.2 Å². The second-order valence-electron chi connectivity index (χ2n) is 5.21. The molecule has 0 aliphatic heterocycles. The molecule has 0 fully saturated rings. The van der Waals surface area contributed by atoms with Gasteiger partial charge in [-0.25, -0.2) is 9.78 Å². The van der Waals surface area contributed by atoms with E-state index >= 15 is 0 Å². The Bertz CT molecular complexity index is 947. The van der Waals surface area contributed by atoms with E-state index in [4.69, 9.17) is 9.84 Å². The number of carboxylic acids is 1. The third-order valence-corrected chi connectivity index (χ3v) is 3.61. The molecule has 0 bridgehead atoms. The zero-order chi connectivity index (χ0) is 17.1. The van der Waals surface area contributed by atoms with E-state index in [1.54, 1.807) is 24.3 Å². The monoisotopic (exact) mass is 321 g/mol. The van der Waals surface area contributed by atoms with Crippen molar-refractivity contribution >= 4 is 29.0 Å². The van der Waals surface area contributed by atoms with Gasteiger partial charge in [0.2, 0.25) is 0 Å². The molecule has 0 aliphatic rings. The van der Waals surface area contributed by atoms with Gasteiger partial charge in [0.15, 0.2) is 11.5 Å². The van der Waals surface area contributed by atoms with Crippen LogP contribution in [0, 0.1) is 0 Å². The highest BCUT2D eigenvalue weighted by Crippen LogP contribution is 2.27. The molecule has 5 heteroatoms. The van der Waals surface area contributed by atoms with Crippen LogP contribution in [-0.2, 0) is 0 Å². The molecule has 0 aliphatic carbocycles. The van der Waals surface area contributed by atoms with Crippen molar-refractivity contribution in [3.63, 3.8) is 0 Å². The maximum atomic E-state index is 11.0. The first-order valence-corrected chi connectivity index (χ1v) is 7.26. The van der Waals surface area contributed by atoms with Crippen molar-refractivity contribution in [3.8, 4) is 11.5 Å². The van der Waals surface area contributed by atoms with Crippen LogP contribution in [0.4, 0.5) is 0 Å². The molecule has 2 aromatic carbocycles. The number of benzene rings is 2. The summed E-state index contributed by atoms with van der Waals surface area (Å²) in [6.07, 6.45) is 3.66. The second-order valence-corrected chi connectivity index (χ2v) is 5.21. The molecule has 1 heterocycles. The summed E-state index contributed by atoms with van der Waals surface area (Å²) >= 11 is 0. The maximum Gasteiger partial charge on any atom is 0.335 e. The summed E-state index contributed by atoms with van der Waals surface area (Å²) in [7, 11) is 1.50. The van der Waals surface area contributed by atoms with Gasteiger partial charge in [-0.3, -0.25) is 0 Å². The van der Waals surface area contributed by atoms with E-state index in [1.807, 2.05) is 30.4 Å². The number of rotatable bonds is 4. The minimum absolute atomic E-state index is 0.0762. The zero-order valence-corrected chi connectivity index (χ0v) is 12.9. The Morgan fingerprint density at radius 1 is 1.08 bits per heavy atom. The lowest BCUT2D eigenvalue weighted by atomic mass is 10.1. The molecule has 0 saturated heterocycles. The van der Waals surface area contributed by atoms with Crippen molar-refractivity contribution in [2.45, 2.75) is 0 Å². The summed E-state index contributed by atoms with van der Waals surface area (Å²) in [5.41, 5.74) is 2.51. The average Bonchev–Trinajstić information content (AvgIpc) is 2.59. The van der Waals surface area contributed by atoms with Gasteiger partial charge in [-0.2, -0.15) is 0 Å². The van der Waals surface area contributed by atoms with Crippen LogP contribution in [0.25, 0.3) is 23.1 Å². The molecular formula is C19H15NO4. The molecule has 120 valence electrons. The average molecular weight is 321 g/mol. The van der Waals surface area contributed by atoms with Gasteiger partial charge in [-0.1, -0.05) is 18.2 Å². The SMILES string of the molecule is COc1ccc(/C=C/c2ccc3cc(C(=O)O)ccc3n2)cc1O. The van der Waals surface area contributed by atoms with Crippen molar-refractivity contribution in [2.24, 2.45) is 0 Å². The molecule has 3 aromatic rings. The highest BCUT2D eigenvalue weighted by molar-refractivity contribution is 5.93. The van der Waals surface area contributed by atoms with E-state index in [2.05, 4.69) is 4.98 Å². The minimum atomic E-state index is -0.958. The number of nitrogens with zero attached hydrogens (tertiary/aromatic N) is 1. The molecule has 0 unspecified atom stereocenters. The van der Waals surface area contributed by atoms with Crippen LogP contribution in [0.15, 0.2) is 48.5 Å². The third-order valence-electron chi connectivity index (χ3n) is 3.61. The summed E-state index contributed by atoms with van der Waals surface area (Å²) in [4.78, 5) is 15.5. The fraction of sp³-hybridized carbons (Fsp3) is 0.0526. The topological polar surface area (TPSA) is 79.7 Å². The van der Waals surface area contributed by atoms with Crippen molar-refractivity contribution in [1.29, 1.82) is 0 Å². The number of methoxy groups -OCH3 is 1. The Hall–Kier alpha value is -3.34. The molecule has 24 heavy (non-hydrogen) atoms. The minimum Gasteiger partial charge on any atom is -0.504 e. The Balaban J connectivity index is 1.88. The normalized spacial score (nSPS) is 11.0. The molecule has 1 aromatic heterocycles. The molecule has 5 nitrogen and oxygen atoms in total. The number of hydrogen-bond donors (Lipinski definition) is 2. The van der Waals surface area contributed by atoms with Crippen LogP contribution >= 0.6 is 0 Å². The standard InChI is InChI=1S/C19H15NO4/c1-24-18-9-3-12(10-17(18)21)2-6-15-7-4-13-11-14(19(22)23)5-8-16(13)20-15/h2-11,21H,1H3,(H,22,23)/b6-2+. The lowest BCUT2D eigenvalue weighted by molar-refractivity contribution is 0.0697. The van der Waals surface area contributed by atoms with Crippen LogP contribution in [0.2, 0.25) is 0 Å². The molecule has 0 saturated carbocycles. The smallest absolute Gasteiger partial charge is 0.335 e. The number of pyridine rings is 1. The van der Waals surface area contributed by atoms with Gasteiger partial charge < -0.3 is 14.9 Å². The van der Waals surface area contributed by atoms with Crippen LogP contribution in [0.1, 0.15) is 21.6 Å². The van der Waals surface area contributed by atoms with Crippen molar-refractivity contribution in [2.75, 3.05) is 7.11 Å². The van der Waals surface area contributed by atoms with Crippen molar-refractivity contribution in [3.05, 3.63) is 65.4 Å². The van der Waals surface area contributed by atoms with E-state index in [1.165, 1.54) is 13.2 Å². The Labute approximate surface area is 138 Å². The highest BCUT2D eigenvalue weighted by atomic mass is 16.5. The highest BCUT2D eigenvalue weighted by Gasteiger charge is 2.04. The predicted octanol–water partition coefficient (Wildman–Crippen LogP) is 3.82. The molecule has 0 spiro atoms. The van der Waals surface area contributed by atoms with Crippen molar-refractivity contribution < 1.29 is 19.7 Å². The van der Waals surface area contributed by atoms with E-state index in [-0.39, 0.29) is 11.3 Å². The summed E-state index contributed by atoms with van der Waals surface area (Å²) in [5, 5.41) is 19.6. The van der Waals surface area contributed by atoms with Gasteiger partial charge in [0, 0.05) is 5.39 Å². The number of phenolic OH excluding ortho intramolecular Hbond substituents is 1. The van der Waals surface area contributed by atoms with Crippen LogP contribution in [0.5, 0.6) is 11.5 Å². The molecule has 0 amide bonds. The number of carboxylic acid groups (broad SMARTS) is 1. The lowest BCUT2D eigenvalue weighted by Gasteiger charge is -2.03. The molecule has 0 atom stereocenters. The van der Waals surface area contributed by atoms with Gasteiger partial charge in [-0.05, 0) is 48.0 Å². The number of hydrogen-bond acceptors (Lipinski definition) is 4. The molecular weight excluding hydrogens is 306 g/mol. The summed E-state index contributed by atoms with van der Waals surface area (Å²) < 4.78 is 5.01. The van der Waals surface area contributed by atoms with Gasteiger partial charge in [-0.15, -0.1) is 0 Å². The first kappa shape index (κ1) is 15.6. The largest absolute Gasteiger partial charge is 0.504 e. The molecule has 3 rings (SSSR count). The third kappa shape index (κ3) is 3.20. The first-order valence-electron chi connectivity index (χ1n) is 7.26. The van der Waals surface area contributed by atoms with Crippen molar-refractivity contribution in [1.82, 2.24) is 4.98 Å². The number of aromatic carboxylic acids is 1. The fourth-order valence-corrected chi connectivity index (χ4v) is 2.36. The van der Waals surface area contributed by atoms with E-state index in [0.29, 0.717) is 5.75 Å².